The predicted octanol–water partition coefficient (Wildman–Crippen LogP) is 4.39. The third kappa shape index (κ3) is 2.32. The van der Waals surface area contributed by atoms with Crippen LogP contribution in [0.1, 0.15) is 58.8 Å². The van der Waals surface area contributed by atoms with Gasteiger partial charge in [-0.15, -0.1) is 0 Å². The van der Waals surface area contributed by atoms with E-state index in [0.29, 0.717) is 18.3 Å². The van der Waals surface area contributed by atoms with Crippen molar-refractivity contribution in [3.8, 4) is 0 Å². The summed E-state index contributed by atoms with van der Waals surface area (Å²) in [6, 6.07) is 0. The van der Waals surface area contributed by atoms with Crippen molar-refractivity contribution in [1.29, 1.82) is 0 Å². The van der Waals surface area contributed by atoms with Gasteiger partial charge in [-0.1, -0.05) is 36.2 Å². The van der Waals surface area contributed by atoms with E-state index in [1.54, 1.807) is 0 Å². The number of nitrogens with zero attached hydrogens (tertiary/aromatic N) is 1. The van der Waals surface area contributed by atoms with Crippen LogP contribution in [0.4, 0.5) is 0 Å². The summed E-state index contributed by atoms with van der Waals surface area (Å²) in [5.74, 6) is 1.33. The van der Waals surface area contributed by atoms with Crippen molar-refractivity contribution in [1.82, 2.24) is 0 Å². The number of Topliss-reactive ketones (excluding diaryl/α,β-unsaturated/α-hetero) is 1. The molecule has 0 radical (unpaired) electrons. The topological polar surface area (TPSA) is 63.6 Å². The van der Waals surface area contributed by atoms with Crippen molar-refractivity contribution in [2.24, 2.45) is 33.8 Å². The maximum Gasteiger partial charge on any atom is 0.161 e. The zero-order valence-corrected chi connectivity index (χ0v) is 15.2. The van der Waals surface area contributed by atoms with Crippen LogP contribution in [-0.4, -0.2) is 18.1 Å². The maximum absolute atomic E-state index is 12.4. The van der Waals surface area contributed by atoms with Crippen LogP contribution in [0.25, 0.3) is 0 Å². The minimum atomic E-state index is -0.180. The smallest absolute Gasteiger partial charge is 0.161 e. The van der Waals surface area contributed by atoms with Crippen molar-refractivity contribution in [2.75, 3.05) is 6.54 Å². The van der Waals surface area contributed by atoms with Gasteiger partial charge in [0.1, 0.15) is 6.54 Å². The second-order valence-corrected chi connectivity index (χ2v) is 8.97. The van der Waals surface area contributed by atoms with Crippen molar-refractivity contribution >= 4 is 11.6 Å². The molecule has 25 heavy (non-hydrogen) atoms. The lowest BCUT2D eigenvalue weighted by Crippen LogP contribution is -2.45. The summed E-state index contributed by atoms with van der Waals surface area (Å²) in [6.45, 7) is 4.39. The van der Waals surface area contributed by atoms with Crippen LogP contribution in [0.2, 0.25) is 0 Å². The van der Waals surface area contributed by atoms with Crippen molar-refractivity contribution in [3.63, 3.8) is 0 Å². The fraction of sp³-hybridized carbons (Fsp3) is 0.714. The Hall–Kier alpha value is -1.58. The molecule has 0 spiro atoms. The highest BCUT2D eigenvalue weighted by atomic mass is 16.3. The molecule has 0 N–H and O–H groups in total. The minimum Gasteiger partial charge on any atom is -0.297 e. The number of nitroso groups, excluding NO2 is 1. The van der Waals surface area contributed by atoms with E-state index in [-0.39, 0.29) is 34.9 Å². The molecule has 0 amide bonds. The monoisotopic (exact) mass is 341 g/mol. The van der Waals surface area contributed by atoms with Crippen LogP contribution >= 0.6 is 0 Å². The summed E-state index contributed by atoms with van der Waals surface area (Å²) in [7, 11) is 0. The molecule has 4 aliphatic rings. The lowest BCUT2D eigenvalue weighted by molar-refractivity contribution is -0.125. The standard InChI is InChI=1S/C21H27NO3/c1-20-9-7-14(23)11-13(20)3-4-15-16-5-6-18(19(24)12-22-25)21(16,2)10-8-17(15)20/h8,11,15-16,18H,3-7,9-10,12H2,1-2H3/t15?,16?,18-,20+,21+/m1/s1. The van der Waals surface area contributed by atoms with E-state index in [1.807, 2.05) is 6.08 Å². The Morgan fingerprint density at radius 3 is 2.80 bits per heavy atom. The number of carbonyl (C=O) groups excluding carboxylic acids is 2. The molecule has 2 saturated carbocycles. The third-order valence-electron chi connectivity index (χ3n) is 7.94. The first kappa shape index (κ1) is 16.9. The Morgan fingerprint density at radius 1 is 1.24 bits per heavy atom. The lowest BCUT2D eigenvalue weighted by atomic mass is 9.51. The Labute approximate surface area is 149 Å². The molecule has 2 fully saturated rings. The van der Waals surface area contributed by atoms with Crippen molar-refractivity contribution in [2.45, 2.75) is 58.8 Å². The van der Waals surface area contributed by atoms with Gasteiger partial charge in [0, 0.05) is 17.8 Å². The first-order valence-electron chi connectivity index (χ1n) is 9.66. The first-order chi connectivity index (χ1) is 11.9. The second-order valence-electron chi connectivity index (χ2n) is 8.97. The molecule has 2 unspecified atom stereocenters. The molecule has 0 bridgehead atoms. The largest absolute Gasteiger partial charge is 0.297 e. The normalized spacial score (nSPS) is 42.6. The summed E-state index contributed by atoms with van der Waals surface area (Å²) in [5, 5.41) is 2.85. The molecule has 5 atom stereocenters. The molecule has 4 rings (SSSR count). The van der Waals surface area contributed by atoms with E-state index >= 15 is 0 Å². The minimum absolute atomic E-state index is 0.0225. The van der Waals surface area contributed by atoms with Crippen LogP contribution in [0.5, 0.6) is 0 Å². The number of allylic oxidation sites excluding steroid dienone is 4. The molecule has 0 heterocycles. The fourth-order valence-corrected chi connectivity index (χ4v) is 6.56. The van der Waals surface area contributed by atoms with Gasteiger partial charge in [-0.25, -0.2) is 0 Å². The van der Waals surface area contributed by atoms with Crippen LogP contribution in [0, 0.1) is 33.5 Å². The molecular formula is C21H27NO3. The molecule has 0 aromatic carbocycles. The zero-order valence-electron chi connectivity index (χ0n) is 15.2. The molecule has 0 aromatic rings. The van der Waals surface area contributed by atoms with Gasteiger partial charge in [-0.2, -0.15) is 4.91 Å². The molecular weight excluding hydrogens is 314 g/mol. The van der Waals surface area contributed by atoms with Gasteiger partial charge < -0.3 is 0 Å². The number of rotatable bonds is 3. The molecule has 4 nitrogen and oxygen atoms in total. The molecule has 0 aliphatic heterocycles. The van der Waals surface area contributed by atoms with Crippen LogP contribution in [0.15, 0.2) is 28.5 Å². The highest BCUT2D eigenvalue weighted by Crippen LogP contribution is 2.64. The number of ketones is 2. The highest BCUT2D eigenvalue weighted by Gasteiger charge is 2.57. The van der Waals surface area contributed by atoms with Gasteiger partial charge in [-0.3, -0.25) is 9.59 Å². The van der Waals surface area contributed by atoms with E-state index in [4.69, 9.17) is 0 Å². The zero-order chi connectivity index (χ0) is 17.8. The lowest BCUT2D eigenvalue weighted by Gasteiger charge is -2.53. The Balaban J connectivity index is 1.69. The van der Waals surface area contributed by atoms with Gasteiger partial charge >= 0.3 is 0 Å². The quantitative estimate of drug-likeness (QED) is 0.565. The summed E-state index contributed by atoms with van der Waals surface area (Å²) in [6.07, 6.45) is 10.9. The van der Waals surface area contributed by atoms with Gasteiger partial charge in [-0.05, 0) is 61.9 Å². The van der Waals surface area contributed by atoms with E-state index in [9.17, 15) is 14.5 Å². The van der Waals surface area contributed by atoms with Gasteiger partial charge in [0.15, 0.2) is 11.6 Å². The van der Waals surface area contributed by atoms with Gasteiger partial charge in [0.25, 0.3) is 0 Å². The summed E-state index contributed by atoms with van der Waals surface area (Å²) in [4.78, 5) is 34.9. The maximum atomic E-state index is 12.4. The third-order valence-corrected chi connectivity index (χ3v) is 7.94. The average Bonchev–Trinajstić information content (AvgIpc) is 2.93. The molecule has 4 heteroatoms. The predicted molar refractivity (Wildman–Crippen MR) is 95.8 cm³/mol. The van der Waals surface area contributed by atoms with E-state index in [0.717, 1.165) is 38.5 Å². The van der Waals surface area contributed by atoms with Crippen molar-refractivity contribution < 1.29 is 9.59 Å². The van der Waals surface area contributed by atoms with E-state index < -0.39 is 0 Å². The molecule has 134 valence electrons. The van der Waals surface area contributed by atoms with E-state index in [1.165, 1.54) is 11.1 Å². The van der Waals surface area contributed by atoms with Crippen LogP contribution in [-0.2, 0) is 9.59 Å². The summed E-state index contributed by atoms with van der Waals surface area (Å²) >= 11 is 0. The van der Waals surface area contributed by atoms with Crippen LogP contribution < -0.4 is 0 Å². The van der Waals surface area contributed by atoms with Gasteiger partial charge in [0.2, 0.25) is 0 Å². The number of fused-ring (bicyclic) bond motifs is 5. The Bertz CT molecular complexity index is 706. The number of hydrogen-bond donors (Lipinski definition) is 0. The van der Waals surface area contributed by atoms with Crippen molar-refractivity contribution in [3.05, 3.63) is 28.2 Å². The molecule has 4 aliphatic carbocycles. The molecule has 0 saturated heterocycles. The number of hydrogen-bond acceptors (Lipinski definition) is 4. The van der Waals surface area contributed by atoms with Gasteiger partial charge in [0.05, 0.1) is 0 Å². The second kappa shape index (κ2) is 5.72. The SMILES string of the molecule is C[C@]12CCC(=O)C=C1CCC1C2=CC[C@@]2(C)C1CC[C@@H]2C(=O)CN=O. The Kier molecular flexibility index (Phi) is 3.86. The first-order valence-corrected chi connectivity index (χ1v) is 9.66. The fourth-order valence-electron chi connectivity index (χ4n) is 6.56. The van der Waals surface area contributed by atoms with E-state index in [2.05, 4.69) is 25.1 Å². The summed E-state index contributed by atoms with van der Waals surface area (Å²) in [5.41, 5.74) is 2.87. The average molecular weight is 341 g/mol. The van der Waals surface area contributed by atoms with Crippen LogP contribution in [0.3, 0.4) is 0 Å². The highest BCUT2D eigenvalue weighted by molar-refractivity contribution is 5.92. The summed E-state index contributed by atoms with van der Waals surface area (Å²) < 4.78 is 0. The number of carbonyl (C=O) groups is 2. The molecule has 0 aromatic heterocycles. The Morgan fingerprint density at radius 2 is 2.04 bits per heavy atom.